The Kier molecular flexibility index (Phi) is 3.03. The van der Waals surface area contributed by atoms with Gasteiger partial charge in [0.05, 0.1) is 19.9 Å². The number of hydrogen-bond donors (Lipinski definition) is 1. The summed E-state index contributed by atoms with van der Waals surface area (Å²) in [6.45, 7) is 2.57. The minimum absolute atomic E-state index is 0.0664. The SMILES string of the molecule is COc1cccc(C2(NCc3ncc(C)o3)CC2)c1. The third kappa shape index (κ3) is 2.49. The van der Waals surface area contributed by atoms with Gasteiger partial charge in [0.2, 0.25) is 5.89 Å². The topological polar surface area (TPSA) is 47.3 Å². The summed E-state index contributed by atoms with van der Waals surface area (Å²) >= 11 is 0. The van der Waals surface area contributed by atoms with Crippen molar-refractivity contribution in [3.63, 3.8) is 0 Å². The molecule has 19 heavy (non-hydrogen) atoms. The lowest BCUT2D eigenvalue weighted by molar-refractivity contribution is 0.405. The Morgan fingerprint density at radius 3 is 2.89 bits per heavy atom. The molecule has 0 atom stereocenters. The molecule has 4 heteroatoms. The quantitative estimate of drug-likeness (QED) is 0.895. The van der Waals surface area contributed by atoms with Crippen LogP contribution in [0.1, 0.15) is 30.1 Å². The van der Waals surface area contributed by atoms with Crippen molar-refractivity contribution < 1.29 is 9.15 Å². The molecule has 3 rings (SSSR count). The first kappa shape index (κ1) is 12.2. The molecule has 0 aliphatic heterocycles. The maximum absolute atomic E-state index is 5.49. The fraction of sp³-hybridized carbons (Fsp3) is 0.400. The Morgan fingerprint density at radius 2 is 2.26 bits per heavy atom. The molecule has 1 saturated carbocycles. The van der Waals surface area contributed by atoms with Gasteiger partial charge in [0.15, 0.2) is 0 Å². The smallest absolute Gasteiger partial charge is 0.208 e. The monoisotopic (exact) mass is 258 g/mol. The highest BCUT2D eigenvalue weighted by Gasteiger charge is 2.44. The number of ether oxygens (including phenoxy) is 1. The molecule has 0 amide bonds. The van der Waals surface area contributed by atoms with Crippen LogP contribution in [0.25, 0.3) is 0 Å². The zero-order chi connectivity index (χ0) is 13.3. The summed E-state index contributed by atoms with van der Waals surface area (Å²) in [7, 11) is 1.70. The van der Waals surface area contributed by atoms with Crippen molar-refractivity contribution in [2.24, 2.45) is 0 Å². The molecule has 2 aromatic rings. The average molecular weight is 258 g/mol. The summed E-state index contributed by atoms with van der Waals surface area (Å²) < 4.78 is 10.8. The summed E-state index contributed by atoms with van der Waals surface area (Å²) in [4.78, 5) is 4.22. The van der Waals surface area contributed by atoms with Crippen molar-refractivity contribution in [2.75, 3.05) is 7.11 Å². The van der Waals surface area contributed by atoms with Crippen LogP contribution < -0.4 is 10.1 Å². The molecule has 0 bridgehead atoms. The van der Waals surface area contributed by atoms with Crippen LogP contribution in [-0.4, -0.2) is 12.1 Å². The van der Waals surface area contributed by atoms with Crippen molar-refractivity contribution in [3.8, 4) is 5.75 Å². The van der Waals surface area contributed by atoms with Gasteiger partial charge < -0.3 is 9.15 Å². The van der Waals surface area contributed by atoms with Crippen LogP contribution in [-0.2, 0) is 12.1 Å². The van der Waals surface area contributed by atoms with E-state index in [9.17, 15) is 0 Å². The molecule has 4 nitrogen and oxygen atoms in total. The van der Waals surface area contributed by atoms with E-state index in [1.165, 1.54) is 5.56 Å². The molecule has 100 valence electrons. The van der Waals surface area contributed by atoms with E-state index in [0.717, 1.165) is 30.2 Å². The second-order valence-electron chi connectivity index (χ2n) is 5.03. The molecule has 1 fully saturated rings. The predicted molar refractivity (Wildman–Crippen MR) is 72.0 cm³/mol. The normalized spacial score (nSPS) is 16.3. The average Bonchev–Trinajstić information content (AvgIpc) is 3.13. The van der Waals surface area contributed by atoms with Gasteiger partial charge in [-0.1, -0.05) is 12.1 Å². The van der Waals surface area contributed by atoms with Gasteiger partial charge in [-0.3, -0.25) is 5.32 Å². The Balaban J connectivity index is 1.72. The first-order valence-electron chi connectivity index (χ1n) is 6.53. The van der Waals surface area contributed by atoms with Gasteiger partial charge in [-0.15, -0.1) is 0 Å². The fourth-order valence-corrected chi connectivity index (χ4v) is 2.34. The van der Waals surface area contributed by atoms with E-state index in [0.29, 0.717) is 6.54 Å². The van der Waals surface area contributed by atoms with Crippen LogP contribution in [0, 0.1) is 6.92 Å². The number of nitrogens with one attached hydrogen (secondary N) is 1. The van der Waals surface area contributed by atoms with Crippen LogP contribution in [0.5, 0.6) is 5.75 Å². The highest BCUT2D eigenvalue weighted by molar-refractivity contribution is 5.36. The van der Waals surface area contributed by atoms with Crippen LogP contribution in [0.3, 0.4) is 0 Å². The molecule has 0 saturated heterocycles. The minimum Gasteiger partial charge on any atom is -0.497 e. The number of methoxy groups -OCH3 is 1. The molecule has 1 aromatic carbocycles. The largest absolute Gasteiger partial charge is 0.497 e. The Bertz CT molecular complexity index is 573. The van der Waals surface area contributed by atoms with Gasteiger partial charge in [0.1, 0.15) is 11.5 Å². The van der Waals surface area contributed by atoms with E-state index in [-0.39, 0.29) is 5.54 Å². The van der Waals surface area contributed by atoms with Crippen LogP contribution in [0.15, 0.2) is 34.9 Å². The Morgan fingerprint density at radius 1 is 1.42 bits per heavy atom. The Labute approximate surface area is 112 Å². The molecule has 0 radical (unpaired) electrons. The van der Waals surface area contributed by atoms with Gasteiger partial charge in [-0.05, 0) is 37.5 Å². The van der Waals surface area contributed by atoms with Crippen LogP contribution in [0.2, 0.25) is 0 Å². The molecule has 1 N–H and O–H groups in total. The third-order valence-corrected chi connectivity index (χ3v) is 3.62. The summed E-state index contributed by atoms with van der Waals surface area (Å²) in [5, 5.41) is 3.56. The predicted octanol–water partition coefficient (Wildman–Crippen LogP) is 2.77. The number of benzene rings is 1. The Hall–Kier alpha value is -1.81. The first-order valence-corrected chi connectivity index (χ1v) is 6.53. The van der Waals surface area contributed by atoms with E-state index in [4.69, 9.17) is 9.15 Å². The van der Waals surface area contributed by atoms with E-state index < -0.39 is 0 Å². The summed E-state index contributed by atoms with van der Waals surface area (Å²) in [6.07, 6.45) is 4.03. The van der Waals surface area contributed by atoms with Crippen molar-refractivity contribution >= 4 is 0 Å². The lowest BCUT2D eigenvalue weighted by Crippen LogP contribution is -2.28. The maximum atomic E-state index is 5.49. The van der Waals surface area contributed by atoms with Gasteiger partial charge in [-0.25, -0.2) is 4.98 Å². The van der Waals surface area contributed by atoms with Crippen molar-refractivity contribution in [1.29, 1.82) is 0 Å². The summed E-state index contributed by atoms with van der Waals surface area (Å²) in [5.41, 5.74) is 1.34. The maximum Gasteiger partial charge on any atom is 0.208 e. The molecule has 1 aromatic heterocycles. The van der Waals surface area contributed by atoms with E-state index in [1.54, 1.807) is 13.3 Å². The zero-order valence-electron chi connectivity index (χ0n) is 11.3. The number of aromatic nitrogens is 1. The highest BCUT2D eigenvalue weighted by Crippen LogP contribution is 2.46. The van der Waals surface area contributed by atoms with Gasteiger partial charge in [0, 0.05) is 5.54 Å². The standard InChI is InChI=1S/C15H18N2O2/c1-11-9-16-14(19-11)10-17-15(6-7-15)12-4-3-5-13(8-12)18-2/h3-5,8-9,17H,6-7,10H2,1-2H3. The summed E-state index contributed by atoms with van der Waals surface area (Å²) in [6, 6.07) is 8.24. The molecule has 0 spiro atoms. The number of hydrogen-bond acceptors (Lipinski definition) is 4. The zero-order valence-corrected chi connectivity index (χ0v) is 11.3. The fourth-order valence-electron chi connectivity index (χ4n) is 2.34. The first-order chi connectivity index (χ1) is 9.22. The van der Waals surface area contributed by atoms with Gasteiger partial charge in [-0.2, -0.15) is 0 Å². The molecular weight excluding hydrogens is 240 g/mol. The second-order valence-corrected chi connectivity index (χ2v) is 5.03. The summed E-state index contributed by atoms with van der Waals surface area (Å²) in [5.74, 6) is 2.49. The van der Waals surface area contributed by atoms with Gasteiger partial charge in [0.25, 0.3) is 0 Å². The van der Waals surface area contributed by atoms with Crippen molar-refractivity contribution in [2.45, 2.75) is 31.8 Å². The van der Waals surface area contributed by atoms with E-state index in [1.807, 2.05) is 19.1 Å². The molecule has 1 aliphatic carbocycles. The molecule has 0 unspecified atom stereocenters. The highest BCUT2D eigenvalue weighted by atomic mass is 16.5. The number of nitrogens with zero attached hydrogens (tertiary/aromatic N) is 1. The van der Waals surface area contributed by atoms with Crippen LogP contribution >= 0.6 is 0 Å². The number of oxazole rings is 1. The lowest BCUT2D eigenvalue weighted by atomic mass is 10.0. The van der Waals surface area contributed by atoms with Crippen molar-refractivity contribution in [1.82, 2.24) is 10.3 Å². The van der Waals surface area contributed by atoms with Crippen LogP contribution in [0.4, 0.5) is 0 Å². The van der Waals surface area contributed by atoms with Gasteiger partial charge >= 0.3 is 0 Å². The molecule has 1 heterocycles. The molecule has 1 aliphatic rings. The molecular formula is C15H18N2O2. The van der Waals surface area contributed by atoms with Crippen molar-refractivity contribution in [3.05, 3.63) is 47.7 Å². The number of aryl methyl sites for hydroxylation is 1. The number of rotatable bonds is 5. The third-order valence-electron chi connectivity index (χ3n) is 3.62. The lowest BCUT2D eigenvalue weighted by Gasteiger charge is -2.17. The minimum atomic E-state index is 0.0664. The second kappa shape index (κ2) is 4.70. The van der Waals surface area contributed by atoms with E-state index >= 15 is 0 Å². The van der Waals surface area contributed by atoms with E-state index in [2.05, 4.69) is 22.4 Å².